The maximum absolute atomic E-state index is 14.3. The van der Waals surface area contributed by atoms with E-state index in [1.165, 1.54) is 29.5 Å². The molecule has 2 amide bonds. The summed E-state index contributed by atoms with van der Waals surface area (Å²) >= 11 is 0. The average molecular weight is 500 g/mol. The lowest BCUT2D eigenvalue weighted by atomic mass is 9.97. The van der Waals surface area contributed by atoms with Crippen molar-refractivity contribution in [2.45, 2.75) is 18.2 Å². The van der Waals surface area contributed by atoms with Crippen LogP contribution in [-0.2, 0) is 20.7 Å². The van der Waals surface area contributed by atoms with Gasteiger partial charge in [0.2, 0.25) is 0 Å². The summed E-state index contributed by atoms with van der Waals surface area (Å²) in [5, 5.41) is 7.25. The van der Waals surface area contributed by atoms with E-state index >= 15 is 0 Å². The number of hydrogen-bond donors (Lipinski definition) is 2. The van der Waals surface area contributed by atoms with Gasteiger partial charge in [0, 0.05) is 24.4 Å². The average Bonchev–Trinajstić information content (AvgIpc) is 3.60. The molecule has 0 bridgehead atoms. The number of rotatable bonds is 8. The van der Waals surface area contributed by atoms with Gasteiger partial charge in [-0.2, -0.15) is 5.10 Å². The number of carbonyl (C=O) groups excluding carboxylic acids is 2. The summed E-state index contributed by atoms with van der Waals surface area (Å²) in [7, 11) is 0. The largest absolute Gasteiger partial charge is 0.447 e. The Hall–Kier alpha value is -4.99. The number of nitrogens with zero attached hydrogens (tertiary/aromatic N) is 3. The van der Waals surface area contributed by atoms with Crippen LogP contribution in [0.3, 0.4) is 0 Å². The van der Waals surface area contributed by atoms with Crippen LogP contribution in [-0.4, -0.2) is 38.4 Å². The Morgan fingerprint density at radius 2 is 1.73 bits per heavy atom. The quantitative estimate of drug-likeness (QED) is 0.384. The van der Waals surface area contributed by atoms with E-state index in [1.807, 2.05) is 30.3 Å². The number of benzene rings is 2. The number of halogens is 1. The standard InChI is InChI=1S/C27H22FN5O4/c28-21-11-5-4-9-19(21)22-12-14-33(32-22)24-20(10-6-13-30-24)25(34)31-23(17-18-7-2-1-3-8-18)27(26(29)35)36-15-16-37-27/h1-16,23H,17H2,(H2,29,35)(H,31,34). The van der Waals surface area contributed by atoms with Crippen molar-refractivity contribution >= 4 is 11.8 Å². The van der Waals surface area contributed by atoms with Crippen LogP contribution in [0.1, 0.15) is 15.9 Å². The first-order chi connectivity index (χ1) is 18.0. The number of ether oxygens (including phenoxy) is 2. The Morgan fingerprint density at radius 1 is 1.00 bits per heavy atom. The van der Waals surface area contributed by atoms with E-state index in [0.29, 0.717) is 11.3 Å². The van der Waals surface area contributed by atoms with Crippen LogP contribution in [0.25, 0.3) is 17.1 Å². The smallest absolute Gasteiger partial charge is 0.352 e. The SMILES string of the molecule is NC(=O)C1(C(Cc2ccccc2)NC(=O)c2cccnc2-n2ccc(-c3ccccc3F)n2)OC=CO1. The number of aromatic nitrogens is 3. The van der Waals surface area contributed by atoms with E-state index in [0.717, 1.165) is 5.56 Å². The van der Waals surface area contributed by atoms with Gasteiger partial charge in [0.05, 0.1) is 11.3 Å². The molecule has 2 aromatic carbocycles. The second kappa shape index (κ2) is 9.94. The molecule has 2 aromatic heterocycles. The predicted molar refractivity (Wildman–Crippen MR) is 131 cm³/mol. The first-order valence-electron chi connectivity index (χ1n) is 11.4. The van der Waals surface area contributed by atoms with Crippen molar-refractivity contribution in [1.82, 2.24) is 20.1 Å². The zero-order valence-electron chi connectivity index (χ0n) is 19.5. The van der Waals surface area contributed by atoms with Gasteiger partial charge in [-0.1, -0.05) is 42.5 Å². The number of hydrogen-bond acceptors (Lipinski definition) is 6. The Morgan fingerprint density at radius 3 is 2.46 bits per heavy atom. The van der Waals surface area contributed by atoms with Crippen LogP contribution in [0.2, 0.25) is 0 Å². The molecule has 10 heteroatoms. The fourth-order valence-corrected chi connectivity index (χ4v) is 4.12. The van der Waals surface area contributed by atoms with Gasteiger partial charge < -0.3 is 20.5 Å². The van der Waals surface area contributed by atoms with E-state index in [4.69, 9.17) is 15.2 Å². The molecule has 0 aliphatic carbocycles. The summed E-state index contributed by atoms with van der Waals surface area (Å²) in [6, 6.07) is 19.3. The van der Waals surface area contributed by atoms with E-state index in [2.05, 4.69) is 15.4 Å². The topological polar surface area (TPSA) is 121 Å². The summed E-state index contributed by atoms with van der Waals surface area (Å²) in [6.45, 7) is 0. The molecule has 1 aliphatic rings. The highest BCUT2D eigenvalue weighted by Crippen LogP contribution is 2.28. The van der Waals surface area contributed by atoms with Crippen molar-refractivity contribution < 1.29 is 23.5 Å². The Balaban J connectivity index is 1.47. The van der Waals surface area contributed by atoms with Crippen LogP contribution in [0.4, 0.5) is 4.39 Å². The number of pyridine rings is 1. The maximum Gasteiger partial charge on any atom is 0.352 e. The van der Waals surface area contributed by atoms with Gasteiger partial charge in [0.1, 0.15) is 24.4 Å². The molecular weight excluding hydrogens is 477 g/mol. The summed E-state index contributed by atoms with van der Waals surface area (Å²) in [4.78, 5) is 30.3. The fourth-order valence-electron chi connectivity index (χ4n) is 4.12. The summed E-state index contributed by atoms with van der Waals surface area (Å²) in [5.74, 6) is -3.60. The van der Waals surface area contributed by atoms with Crippen LogP contribution >= 0.6 is 0 Å². The molecule has 0 saturated carbocycles. The maximum atomic E-state index is 14.3. The lowest BCUT2D eigenvalue weighted by Crippen LogP contribution is -2.61. The van der Waals surface area contributed by atoms with E-state index in [9.17, 15) is 14.0 Å². The molecule has 0 radical (unpaired) electrons. The minimum atomic E-state index is -1.93. The molecule has 0 saturated heterocycles. The molecule has 5 rings (SSSR count). The monoisotopic (exact) mass is 499 g/mol. The van der Waals surface area contributed by atoms with Crippen molar-refractivity contribution in [3.8, 4) is 17.1 Å². The fraction of sp³-hybridized carbons (Fsp3) is 0.111. The second-order valence-corrected chi connectivity index (χ2v) is 8.26. The van der Waals surface area contributed by atoms with Gasteiger partial charge in [-0.05, 0) is 35.9 Å². The minimum Gasteiger partial charge on any atom is -0.447 e. The van der Waals surface area contributed by atoms with Gasteiger partial charge in [0.25, 0.3) is 5.91 Å². The zero-order chi connectivity index (χ0) is 25.8. The van der Waals surface area contributed by atoms with Gasteiger partial charge in [-0.25, -0.2) is 14.1 Å². The molecular formula is C27H22FN5O4. The normalized spacial score (nSPS) is 14.4. The van der Waals surface area contributed by atoms with Crippen molar-refractivity contribution in [1.29, 1.82) is 0 Å². The third-order valence-corrected chi connectivity index (χ3v) is 5.92. The van der Waals surface area contributed by atoms with Crippen LogP contribution in [0.15, 0.2) is 97.7 Å². The lowest BCUT2D eigenvalue weighted by molar-refractivity contribution is -0.182. The van der Waals surface area contributed by atoms with Crippen molar-refractivity contribution in [2.75, 3.05) is 0 Å². The number of amides is 2. The molecule has 1 unspecified atom stereocenters. The van der Waals surface area contributed by atoms with Crippen molar-refractivity contribution in [3.63, 3.8) is 0 Å². The van der Waals surface area contributed by atoms with Gasteiger partial charge >= 0.3 is 11.7 Å². The molecule has 37 heavy (non-hydrogen) atoms. The number of primary amides is 1. The van der Waals surface area contributed by atoms with Crippen LogP contribution in [0, 0.1) is 5.82 Å². The highest BCUT2D eigenvalue weighted by molar-refractivity contribution is 5.98. The van der Waals surface area contributed by atoms with Crippen LogP contribution < -0.4 is 11.1 Å². The first-order valence-corrected chi connectivity index (χ1v) is 11.4. The molecule has 186 valence electrons. The van der Waals surface area contributed by atoms with Gasteiger partial charge in [-0.3, -0.25) is 9.59 Å². The Kier molecular flexibility index (Phi) is 6.38. The Bertz CT molecular complexity index is 1460. The molecule has 1 atom stereocenters. The lowest BCUT2D eigenvalue weighted by Gasteiger charge is -2.33. The molecule has 1 aliphatic heterocycles. The zero-order valence-corrected chi connectivity index (χ0v) is 19.5. The first kappa shape index (κ1) is 23.7. The summed E-state index contributed by atoms with van der Waals surface area (Å²) in [6.07, 6.45) is 5.69. The predicted octanol–water partition coefficient (Wildman–Crippen LogP) is 3.11. The molecule has 9 nitrogen and oxygen atoms in total. The number of carbonyl (C=O) groups is 2. The molecule has 4 aromatic rings. The second-order valence-electron chi connectivity index (χ2n) is 8.26. The van der Waals surface area contributed by atoms with Gasteiger partial charge in [0.15, 0.2) is 5.82 Å². The molecule has 0 fully saturated rings. The number of nitrogens with two attached hydrogens (primary N) is 1. The van der Waals surface area contributed by atoms with E-state index in [1.54, 1.807) is 42.6 Å². The Labute approximate surface area is 211 Å². The molecule has 0 spiro atoms. The van der Waals surface area contributed by atoms with Crippen molar-refractivity contribution in [2.24, 2.45) is 5.73 Å². The minimum absolute atomic E-state index is 0.161. The third-order valence-electron chi connectivity index (χ3n) is 5.92. The molecule has 3 N–H and O–H groups in total. The van der Waals surface area contributed by atoms with E-state index < -0.39 is 29.5 Å². The summed E-state index contributed by atoms with van der Waals surface area (Å²) in [5.41, 5.74) is 7.33. The number of nitrogens with one attached hydrogen (secondary N) is 1. The van der Waals surface area contributed by atoms with E-state index in [-0.39, 0.29) is 17.8 Å². The highest BCUT2D eigenvalue weighted by atomic mass is 19.1. The summed E-state index contributed by atoms with van der Waals surface area (Å²) < 4.78 is 26.6. The van der Waals surface area contributed by atoms with Gasteiger partial charge in [-0.15, -0.1) is 0 Å². The highest BCUT2D eigenvalue weighted by Gasteiger charge is 2.51. The third kappa shape index (κ3) is 4.64. The molecule has 3 heterocycles. The van der Waals surface area contributed by atoms with Crippen molar-refractivity contribution in [3.05, 3.63) is 115 Å². The van der Waals surface area contributed by atoms with Crippen LogP contribution in [0.5, 0.6) is 0 Å².